The van der Waals surface area contributed by atoms with E-state index in [0.29, 0.717) is 44.1 Å². The van der Waals surface area contributed by atoms with Crippen molar-refractivity contribution < 1.29 is 22.7 Å². The average molecular weight is 622 g/mol. The lowest BCUT2D eigenvalue weighted by Crippen LogP contribution is -2.44. The molecule has 2 aromatic rings. The minimum absolute atomic E-state index is 0.119. The topological polar surface area (TPSA) is 113 Å². The van der Waals surface area contributed by atoms with Crippen LogP contribution in [0.25, 0.3) is 10.9 Å². The number of hydrogen-bond acceptors (Lipinski definition) is 6. The zero-order chi connectivity index (χ0) is 31.1. The lowest BCUT2D eigenvalue weighted by Gasteiger charge is -2.31. The number of allylic oxidation sites excluding steroid dienone is 4. The van der Waals surface area contributed by atoms with Crippen molar-refractivity contribution in [2.24, 2.45) is 5.41 Å². The van der Waals surface area contributed by atoms with E-state index in [1.54, 1.807) is 19.2 Å². The van der Waals surface area contributed by atoms with Crippen molar-refractivity contribution >= 4 is 32.9 Å². The maximum Gasteiger partial charge on any atom is 0.303 e. The van der Waals surface area contributed by atoms with Gasteiger partial charge in [0.15, 0.2) is 0 Å². The van der Waals surface area contributed by atoms with Crippen LogP contribution in [0.15, 0.2) is 53.8 Å². The van der Waals surface area contributed by atoms with Gasteiger partial charge in [0.1, 0.15) is 5.76 Å². The Bertz CT molecular complexity index is 1670. The molecule has 1 aromatic heterocycles. The second-order valence-electron chi connectivity index (χ2n) is 12.8. The number of carbonyl (C=O) groups excluding carboxylic acids is 2. The Morgan fingerprint density at radius 3 is 2.57 bits per heavy atom. The van der Waals surface area contributed by atoms with Gasteiger partial charge in [-0.05, 0) is 62.1 Å². The summed E-state index contributed by atoms with van der Waals surface area (Å²) in [6.07, 6.45) is 15.6. The number of nitrogens with one attached hydrogen (secondary N) is 2. The van der Waals surface area contributed by atoms with Crippen LogP contribution in [0, 0.1) is 5.41 Å². The minimum atomic E-state index is -4.04. The Hall–Kier alpha value is -3.41. The molecular formula is C33H43N5O5S. The first-order chi connectivity index (χ1) is 21.1. The zero-order valence-corrected chi connectivity index (χ0v) is 26.7. The molecule has 1 unspecified atom stereocenters. The standard InChI is InChI=1S/C33H43N5O5S/c1-36-15-14-34-31(39)25-19-33(13-7-10-26(20-33)43-3)21-29-30(23-8-5-4-6-9-23)27-12-11-24(18-28(27)38(29)22-25)32(40)35-44(41,42)37(2)17-16-36/h7,10-12,18-20,23H,4-6,8-9,13-17,21-22H2,1-3H3,(H,34,39)(H,35,40). The van der Waals surface area contributed by atoms with Gasteiger partial charge >= 0.3 is 10.2 Å². The fourth-order valence-corrected chi connectivity index (χ4v) is 8.09. The molecule has 1 spiro atoms. The molecule has 10 nitrogen and oxygen atoms in total. The molecule has 2 aliphatic heterocycles. The molecule has 44 heavy (non-hydrogen) atoms. The summed E-state index contributed by atoms with van der Waals surface area (Å²) in [5, 5.41) is 4.20. The van der Waals surface area contributed by atoms with Gasteiger partial charge in [0.25, 0.3) is 5.91 Å². The number of ether oxygens (including phenoxy) is 1. The number of hydrogen-bond donors (Lipinski definition) is 2. The molecule has 4 aliphatic rings. The summed E-state index contributed by atoms with van der Waals surface area (Å²) in [6.45, 7) is 1.95. The van der Waals surface area contributed by atoms with Crippen LogP contribution in [-0.2, 0) is 32.7 Å². The summed E-state index contributed by atoms with van der Waals surface area (Å²) >= 11 is 0. The van der Waals surface area contributed by atoms with Gasteiger partial charge in [-0.3, -0.25) is 9.59 Å². The van der Waals surface area contributed by atoms with Crippen molar-refractivity contribution in [3.8, 4) is 0 Å². The number of methoxy groups -OCH3 is 1. The van der Waals surface area contributed by atoms with Crippen LogP contribution in [0.2, 0.25) is 0 Å². The highest BCUT2D eigenvalue weighted by Gasteiger charge is 2.37. The molecule has 0 radical (unpaired) electrons. The van der Waals surface area contributed by atoms with Crippen LogP contribution in [0.4, 0.5) is 0 Å². The molecule has 1 fully saturated rings. The van der Waals surface area contributed by atoms with E-state index in [4.69, 9.17) is 4.74 Å². The third-order valence-electron chi connectivity index (χ3n) is 9.72. The first-order valence-electron chi connectivity index (χ1n) is 15.6. The Labute approximate surface area is 260 Å². The summed E-state index contributed by atoms with van der Waals surface area (Å²) < 4.78 is 37.4. The number of likely N-dealkylation sites (N-methyl/N-ethyl adjacent to an activating group) is 2. The fraction of sp³-hybridized carbons (Fsp3) is 0.515. The Balaban J connectivity index is 1.55. The molecule has 2 aliphatic carbocycles. The van der Waals surface area contributed by atoms with Crippen LogP contribution in [0.3, 0.4) is 0 Å². The second-order valence-corrected chi connectivity index (χ2v) is 14.5. The predicted octanol–water partition coefficient (Wildman–Crippen LogP) is 3.62. The highest BCUT2D eigenvalue weighted by atomic mass is 32.2. The number of carbonyl (C=O) groups is 2. The summed E-state index contributed by atoms with van der Waals surface area (Å²) in [6, 6.07) is 5.50. The Morgan fingerprint density at radius 2 is 1.80 bits per heavy atom. The Kier molecular flexibility index (Phi) is 8.47. The van der Waals surface area contributed by atoms with Crippen molar-refractivity contribution in [3.63, 3.8) is 0 Å². The summed E-state index contributed by atoms with van der Waals surface area (Å²) in [5.74, 6) is 0.362. The van der Waals surface area contributed by atoms with E-state index < -0.39 is 21.5 Å². The number of rotatable bonds is 2. The van der Waals surface area contributed by atoms with Gasteiger partial charge in [-0.25, -0.2) is 4.72 Å². The predicted molar refractivity (Wildman–Crippen MR) is 170 cm³/mol. The quantitative estimate of drug-likeness (QED) is 0.530. The van der Waals surface area contributed by atoms with E-state index in [0.717, 1.165) is 40.2 Å². The van der Waals surface area contributed by atoms with Gasteiger partial charge in [-0.15, -0.1) is 0 Å². The van der Waals surface area contributed by atoms with E-state index >= 15 is 0 Å². The zero-order valence-electron chi connectivity index (χ0n) is 25.9. The molecule has 6 rings (SSSR count). The molecular weight excluding hydrogens is 578 g/mol. The molecule has 1 atom stereocenters. The molecule has 1 aromatic carbocycles. The third-order valence-corrected chi connectivity index (χ3v) is 11.2. The third kappa shape index (κ3) is 5.97. The lowest BCUT2D eigenvalue weighted by atomic mass is 9.74. The van der Waals surface area contributed by atoms with Crippen LogP contribution in [-0.4, -0.2) is 81.4 Å². The minimum Gasteiger partial charge on any atom is -0.497 e. The van der Waals surface area contributed by atoms with Crippen molar-refractivity contribution in [1.29, 1.82) is 0 Å². The van der Waals surface area contributed by atoms with Crippen molar-refractivity contribution in [1.82, 2.24) is 23.8 Å². The van der Waals surface area contributed by atoms with Gasteiger partial charge in [-0.2, -0.15) is 12.7 Å². The van der Waals surface area contributed by atoms with Crippen LogP contribution in [0.1, 0.15) is 66.1 Å². The van der Waals surface area contributed by atoms with Gasteiger partial charge in [-0.1, -0.05) is 37.5 Å². The van der Waals surface area contributed by atoms with Gasteiger partial charge in [0, 0.05) is 72.8 Å². The van der Waals surface area contributed by atoms with Gasteiger partial charge in [0.2, 0.25) is 5.91 Å². The number of benzene rings is 1. The highest BCUT2D eigenvalue weighted by Crippen LogP contribution is 2.46. The average Bonchev–Trinajstić information content (AvgIpc) is 3.20. The number of aromatic nitrogens is 1. The molecule has 11 heteroatoms. The highest BCUT2D eigenvalue weighted by molar-refractivity contribution is 7.87. The van der Waals surface area contributed by atoms with E-state index in [9.17, 15) is 18.0 Å². The number of amides is 2. The van der Waals surface area contributed by atoms with Gasteiger partial charge in [0.05, 0.1) is 13.7 Å². The molecule has 3 heterocycles. The summed E-state index contributed by atoms with van der Waals surface area (Å²) in [7, 11) is 0.966. The monoisotopic (exact) mass is 621 g/mol. The van der Waals surface area contributed by atoms with Crippen molar-refractivity contribution in [3.05, 3.63) is 70.7 Å². The van der Waals surface area contributed by atoms with Crippen molar-refractivity contribution in [2.45, 2.75) is 57.4 Å². The maximum atomic E-state index is 13.9. The maximum absolute atomic E-state index is 13.9. The van der Waals surface area contributed by atoms with Gasteiger partial charge < -0.3 is 19.5 Å². The molecule has 2 N–H and O–H groups in total. The smallest absolute Gasteiger partial charge is 0.303 e. The first kappa shape index (κ1) is 30.6. The summed E-state index contributed by atoms with van der Waals surface area (Å²) in [4.78, 5) is 29.2. The van der Waals surface area contributed by atoms with Crippen LogP contribution < -0.4 is 10.0 Å². The molecule has 0 saturated heterocycles. The lowest BCUT2D eigenvalue weighted by molar-refractivity contribution is -0.117. The molecule has 2 amide bonds. The molecule has 1 saturated carbocycles. The van der Waals surface area contributed by atoms with E-state index in [1.807, 2.05) is 24.1 Å². The molecule has 4 bridgehead atoms. The van der Waals surface area contributed by atoms with E-state index in [-0.39, 0.29) is 18.0 Å². The van der Waals surface area contributed by atoms with Crippen LogP contribution in [0.5, 0.6) is 0 Å². The normalized spacial score (nSPS) is 25.8. The molecule has 236 valence electrons. The van der Waals surface area contributed by atoms with E-state index in [1.165, 1.54) is 37.6 Å². The fourth-order valence-electron chi connectivity index (χ4n) is 7.26. The SMILES string of the molecule is COC1=CC2(C=C3Cn4c(c(C5CCCCC5)c5ccc(cc54)C(=O)NS(=O)(=O)N(C)CCN(C)CCNC3=O)C2)CC=C1. The number of fused-ring (bicyclic) bond motifs is 2. The first-order valence-corrected chi connectivity index (χ1v) is 17.1. The largest absolute Gasteiger partial charge is 0.497 e. The Morgan fingerprint density at radius 1 is 1.00 bits per heavy atom. The van der Waals surface area contributed by atoms with Crippen molar-refractivity contribution in [2.75, 3.05) is 47.4 Å². The second kappa shape index (κ2) is 12.2. The van der Waals surface area contributed by atoms with Crippen LogP contribution >= 0.6 is 0 Å². The number of nitrogens with zero attached hydrogens (tertiary/aromatic N) is 3. The van der Waals surface area contributed by atoms with E-state index in [2.05, 4.69) is 32.8 Å². The summed E-state index contributed by atoms with van der Waals surface area (Å²) in [5.41, 5.74) is 3.81.